The molecule has 0 bridgehead atoms. The molecule has 2 fully saturated rings. The van der Waals surface area contributed by atoms with E-state index < -0.39 is 0 Å². The third kappa shape index (κ3) is 1.28. The fourth-order valence-corrected chi connectivity index (χ4v) is 1.90. The van der Waals surface area contributed by atoms with Crippen molar-refractivity contribution >= 4 is 0 Å². The van der Waals surface area contributed by atoms with Crippen molar-refractivity contribution in [1.29, 1.82) is 0 Å². The van der Waals surface area contributed by atoms with Gasteiger partial charge in [0.15, 0.2) is 0 Å². The van der Waals surface area contributed by atoms with Crippen LogP contribution in [0.2, 0.25) is 0 Å². The van der Waals surface area contributed by atoms with Crippen molar-refractivity contribution in [3.63, 3.8) is 0 Å². The molecule has 2 aliphatic rings. The summed E-state index contributed by atoms with van der Waals surface area (Å²) >= 11 is 0. The van der Waals surface area contributed by atoms with Crippen LogP contribution in [0.5, 0.6) is 0 Å². The van der Waals surface area contributed by atoms with E-state index in [1.807, 2.05) is 6.92 Å². The van der Waals surface area contributed by atoms with Crippen molar-refractivity contribution in [2.45, 2.75) is 13.8 Å². The van der Waals surface area contributed by atoms with Gasteiger partial charge in [-0.25, -0.2) is 0 Å². The van der Waals surface area contributed by atoms with Gasteiger partial charge in [0.2, 0.25) is 0 Å². The number of nitrogens with one attached hydrogen (secondary N) is 1. The summed E-state index contributed by atoms with van der Waals surface area (Å²) in [5.41, 5.74) is 1.20. The third-order valence-electron chi connectivity index (χ3n) is 2.96. The summed E-state index contributed by atoms with van der Waals surface area (Å²) < 4.78 is 0. The van der Waals surface area contributed by atoms with Crippen LogP contribution in [-0.2, 0) is 0 Å². The molecule has 0 aromatic rings. The van der Waals surface area contributed by atoms with Gasteiger partial charge in [0, 0.05) is 5.92 Å². The molecule has 0 unspecified atom stereocenters. The van der Waals surface area contributed by atoms with Crippen LogP contribution in [-0.4, -0.2) is 13.1 Å². The molecule has 12 heavy (non-hydrogen) atoms. The Morgan fingerprint density at radius 2 is 2.08 bits per heavy atom. The monoisotopic (exact) mass is 161 g/mol. The van der Waals surface area contributed by atoms with E-state index in [4.69, 9.17) is 0 Å². The lowest BCUT2D eigenvalue weighted by molar-refractivity contribution is 0.679. The van der Waals surface area contributed by atoms with Crippen LogP contribution in [0.1, 0.15) is 13.8 Å². The number of hydrogen-bond donors (Lipinski definition) is 1. The third-order valence-corrected chi connectivity index (χ3v) is 2.96. The molecule has 0 amide bonds. The topological polar surface area (TPSA) is 12.0 Å². The first-order valence-electron chi connectivity index (χ1n) is 4.68. The zero-order valence-corrected chi connectivity index (χ0v) is 7.72. The molecule has 64 valence electrons. The minimum Gasteiger partial charge on any atom is -0.316 e. The first-order chi connectivity index (χ1) is 5.83. The van der Waals surface area contributed by atoms with E-state index in [-0.39, 0.29) is 0 Å². The molecule has 3 atom stereocenters. The molecule has 1 aliphatic carbocycles. The number of hydrogen-bond acceptors (Lipinski definition) is 1. The zero-order valence-electron chi connectivity index (χ0n) is 7.72. The number of piperidine rings is 1. The second-order valence-corrected chi connectivity index (χ2v) is 3.75. The number of fused-ring (bicyclic) bond motifs is 1. The van der Waals surface area contributed by atoms with E-state index in [0.29, 0.717) is 5.92 Å². The molecule has 1 nitrogen and oxygen atoms in total. The average molecular weight is 161 g/mol. The fraction of sp³-hybridized carbons (Fsp3) is 0.636. The van der Waals surface area contributed by atoms with Gasteiger partial charge in [-0.2, -0.15) is 0 Å². The smallest absolute Gasteiger partial charge is 0.0294 e. The summed E-state index contributed by atoms with van der Waals surface area (Å²) in [6.45, 7) is 6.50. The summed E-state index contributed by atoms with van der Waals surface area (Å²) in [4.78, 5) is 0. The summed E-state index contributed by atoms with van der Waals surface area (Å²) in [7, 11) is 0. The standard InChI is InChI=1S/C11H15N/c1-3-8(2)4-5-9-10-6-12-7-11(9)10/h3,9-12H,6-7H2,1-2H3/b8-3+/t9-,10-,11+. The summed E-state index contributed by atoms with van der Waals surface area (Å²) in [6, 6.07) is 0. The van der Waals surface area contributed by atoms with E-state index >= 15 is 0 Å². The van der Waals surface area contributed by atoms with Gasteiger partial charge in [-0.1, -0.05) is 17.9 Å². The molecule has 1 heteroatoms. The van der Waals surface area contributed by atoms with Gasteiger partial charge in [0.25, 0.3) is 0 Å². The fourth-order valence-electron chi connectivity index (χ4n) is 1.90. The summed E-state index contributed by atoms with van der Waals surface area (Å²) in [6.07, 6.45) is 2.07. The molecule has 0 radical (unpaired) electrons. The Hall–Kier alpha value is -0.740. The van der Waals surface area contributed by atoms with Crippen LogP contribution < -0.4 is 5.32 Å². The van der Waals surface area contributed by atoms with E-state index in [1.54, 1.807) is 0 Å². The molecule has 1 N–H and O–H groups in total. The number of rotatable bonds is 0. The van der Waals surface area contributed by atoms with Crippen molar-refractivity contribution < 1.29 is 0 Å². The van der Waals surface area contributed by atoms with Crippen molar-refractivity contribution in [2.75, 3.05) is 13.1 Å². The normalized spacial score (nSPS) is 38.5. The molecule has 1 aliphatic heterocycles. The van der Waals surface area contributed by atoms with E-state index in [2.05, 4.69) is 30.2 Å². The quantitative estimate of drug-likeness (QED) is 0.530. The van der Waals surface area contributed by atoms with E-state index in [1.165, 1.54) is 18.7 Å². The second kappa shape index (κ2) is 2.95. The lowest BCUT2D eigenvalue weighted by Gasteiger charge is -1.94. The van der Waals surface area contributed by atoms with E-state index in [0.717, 1.165) is 11.8 Å². The second-order valence-electron chi connectivity index (χ2n) is 3.75. The lowest BCUT2D eigenvalue weighted by atomic mass is 10.2. The van der Waals surface area contributed by atoms with Crippen LogP contribution in [0.15, 0.2) is 11.6 Å². The Kier molecular flexibility index (Phi) is 1.94. The zero-order chi connectivity index (χ0) is 8.55. The molecule has 1 heterocycles. The molecular formula is C11H15N. The lowest BCUT2D eigenvalue weighted by Crippen LogP contribution is -2.13. The van der Waals surface area contributed by atoms with Gasteiger partial charge in [-0.05, 0) is 44.3 Å². The summed E-state index contributed by atoms with van der Waals surface area (Å²) in [5, 5.41) is 3.37. The molecule has 2 rings (SSSR count). The molecular weight excluding hydrogens is 146 g/mol. The maximum atomic E-state index is 3.37. The van der Waals surface area contributed by atoms with Crippen LogP contribution >= 0.6 is 0 Å². The maximum Gasteiger partial charge on any atom is 0.0294 e. The predicted molar refractivity (Wildman–Crippen MR) is 50.5 cm³/mol. The maximum absolute atomic E-state index is 3.37. The van der Waals surface area contributed by atoms with Crippen LogP contribution in [0.3, 0.4) is 0 Å². The average Bonchev–Trinajstić information content (AvgIpc) is 2.55. The Morgan fingerprint density at radius 3 is 2.67 bits per heavy atom. The minimum atomic E-state index is 0.709. The van der Waals surface area contributed by atoms with Crippen LogP contribution in [0.4, 0.5) is 0 Å². The Balaban J connectivity index is 1.92. The van der Waals surface area contributed by atoms with Crippen molar-refractivity contribution in [2.24, 2.45) is 17.8 Å². The van der Waals surface area contributed by atoms with Gasteiger partial charge in [0.05, 0.1) is 0 Å². The van der Waals surface area contributed by atoms with Crippen molar-refractivity contribution in [1.82, 2.24) is 5.32 Å². The molecule has 0 spiro atoms. The highest BCUT2D eigenvalue weighted by Gasteiger charge is 2.51. The Labute approximate surface area is 74.2 Å². The largest absolute Gasteiger partial charge is 0.316 e. The van der Waals surface area contributed by atoms with Gasteiger partial charge < -0.3 is 5.32 Å². The number of allylic oxidation sites excluding steroid dienone is 2. The summed E-state index contributed by atoms with van der Waals surface area (Å²) in [5.74, 6) is 9.02. The highest BCUT2D eigenvalue weighted by Crippen LogP contribution is 2.47. The Morgan fingerprint density at radius 1 is 1.42 bits per heavy atom. The van der Waals surface area contributed by atoms with Crippen LogP contribution in [0.25, 0.3) is 0 Å². The highest BCUT2D eigenvalue weighted by molar-refractivity contribution is 5.31. The molecule has 0 aromatic heterocycles. The van der Waals surface area contributed by atoms with Gasteiger partial charge in [0.1, 0.15) is 0 Å². The van der Waals surface area contributed by atoms with Gasteiger partial charge in [-0.3, -0.25) is 0 Å². The Bertz CT molecular complexity index is 256. The van der Waals surface area contributed by atoms with Gasteiger partial charge >= 0.3 is 0 Å². The van der Waals surface area contributed by atoms with E-state index in [9.17, 15) is 0 Å². The van der Waals surface area contributed by atoms with Crippen molar-refractivity contribution in [3.05, 3.63) is 11.6 Å². The molecule has 0 aromatic carbocycles. The highest BCUT2D eigenvalue weighted by atomic mass is 15.0. The van der Waals surface area contributed by atoms with Crippen LogP contribution in [0, 0.1) is 29.6 Å². The first-order valence-corrected chi connectivity index (χ1v) is 4.68. The SMILES string of the molecule is C/C=C(\C)C#C[C@@H]1[C@H]2CNC[C@@H]12. The first kappa shape index (κ1) is 7.89. The molecule has 1 saturated carbocycles. The minimum absolute atomic E-state index is 0.709. The van der Waals surface area contributed by atoms with Crippen molar-refractivity contribution in [3.8, 4) is 11.8 Å². The van der Waals surface area contributed by atoms with Gasteiger partial charge in [-0.15, -0.1) is 0 Å². The predicted octanol–water partition coefficient (Wildman–Crippen LogP) is 1.42. The molecule has 1 saturated heterocycles.